The third kappa shape index (κ3) is 3.70. The van der Waals surface area contributed by atoms with E-state index in [4.69, 9.17) is 0 Å². The SMILES string of the molecule is C[C@@H]1Cc2cc(C(=O)NCC(=O)N(C)C3CCCNC3)ccc2N1. The Morgan fingerprint density at radius 1 is 1.38 bits per heavy atom. The lowest BCUT2D eigenvalue weighted by atomic mass is 10.1. The molecule has 2 aliphatic rings. The minimum atomic E-state index is -0.194. The van der Waals surface area contributed by atoms with E-state index in [-0.39, 0.29) is 24.4 Å². The second kappa shape index (κ2) is 7.21. The summed E-state index contributed by atoms with van der Waals surface area (Å²) < 4.78 is 0. The Hall–Kier alpha value is -2.08. The highest BCUT2D eigenvalue weighted by Gasteiger charge is 2.23. The molecular weight excluding hydrogens is 304 g/mol. The van der Waals surface area contributed by atoms with Gasteiger partial charge in [0.15, 0.2) is 0 Å². The van der Waals surface area contributed by atoms with Gasteiger partial charge in [-0.15, -0.1) is 0 Å². The number of carbonyl (C=O) groups excluding carboxylic acids is 2. The predicted molar refractivity (Wildman–Crippen MR) is 94.2 cm³/mol. The molecule has 1 fully saturated rings. The van der Waals surface area contributed by atoms with Gasteiger partial charge in [0, 0.05) is 36.9 Å². The quantitative estimate of drug-likeness (QED) is 0.770. The third-order valence-corrected chi connectivity index (χ3v) is 4.91. The second-order valence-corrected chi connectivity index (χ2v) is 6.81. The summed E-state index contributed by atoms with van der Waals surface area (Å²) in [6.45, 7) is 4.00. The Morgan fingerprint density at radius 3 is 2.96 bits per heavy atom. The van der Waals surface area contributed by atoms with Crippen molar-refractivity contribution in [3.8, 4) is 0 Å². The van der Waals surface area contributed by atoms with Crippen LogP contribution in [0.3, 0.4) is 0 Å². The van der Waals surface area contributed by atoms with Crippen molar-refractivity contribution in [3.05, 3.63) is 29.3 Å². The molecule has 0 aromatic heterocycles. The van der Waals surface area contributed by atoms with Crippen molar-refractivity contribution in [1.29, 1.82) is 0 Å². The molecule has 0 aliphatic carbocycles. The Labute approximate surface area is 143 Å². The zero-order valence-corrected chi connectivity index (χ0v) is 14.4. The molecule has 1 aromatic carbocycles. The van der Waals surface area contributed by atoms with Crippen LogP contribution in [0, 0.1) is 0 Å². The summed E-state index contributed by atoms with van der Waals surface area (Å²) in [5.41, 5.74) is 2.87. The maximum atomic E-state index is 12.3. The van der Waals surface area contributed by atoms with Crippen molar-refractivity contribution >= 4 is 17.5 Å². The molecule has 1 aromatic rings. The average Bonchev–Trinajstić information content (AvgIpc) is 2.98. The molecule has 0 bridgehead atoms. The first kappa shape index (κ1) is 16.8. The molecular formula is C18H26N4O2. The van der Waals surface area contributed by atoms with E-state index >= 15 is 0 Å². The fourth-order valence-electron chi connectivity index (χ4n) is 3.44. The average molecular weight is 330 g/mol. The lowest BCUT2D eigenvalue weighted by molar-refractivity contribution is -0.131. The van der Waals surface area contributed by atoms with E-state index in [0.29, 0.717) is 11.6 Å². The van der Waals surface area contributed by atoms with Crippen LogP contribution in [0.1, 0.15) is 35.7 Å². The molecule has 0 spiro atoms. The van der Waals surface area contributed by atoms with Gasteiger partial charge in [0.25, 0.3) is 5.91 Å². The summed E-state index contributed by atoms with van der Waals surface area (Å²) in [5.74, 6) is -0.241. The summed E-state index contributed by atoms with van der Waals surface area (Å²) in [6.07, 6.45) is 3.02. The maximum absolute atomic E-state index is 12.3. The lowest BCUT2D eigenvalue weighted by Crippen LogP contribution is -2.49. The van der Waals surface area contributed by atoms with Crippen molar-refractivity contribution in [2.45, 2.75) is 38.3 Å². The fourth-order valence-corrected chi connectivity index (χ4v) is 3.44. The highest BCUT2D eigenvalue weighted by molar-refractivity contribution is 5.97. The smallest absolute Gasteiger partial charge is 0.251 e. The van der Waals surface area contributed by atoms with E-state index in [1.807, 2.05) is 19.2 Å². The van der Waals surface area contributed by atoms with Gasteiger partial charge in [-0.05, 0) is 56.5 Å². The zero-order chi connectivity index (χ0) is 17.1. The number of piperidine rings is 1. The van der Waals surface area contributed by atoms with Crippen LogP contribution in [0.5, 0.6) is 0 Å². The molecule has 6 nitrogen and oxygen atoms in total. The molecule has 1 unspecified atom stereocenters. The van der Waals surface area contributed by atoms with Gasteiger partial charge in [-0.2, -0.15) is 0 Å². The number of anilines is 1. The lowest BCUT2D eigenvalue weighted by Gasteiger charge is -2.31. The first-order valence-electron chi connectivity index (χ1n) is 8.68. The van der Waals surface area contributed by atoms with Crippen molar-refractivity contribution < 1.29 is 9.59 Å². The van der Waals surface area contributed by atoms with Crippen LogP contribution in [0.4, 0.5) is 5.69 Å². The van der Waals surface area contributed by atoms with E-state index in [0.717, 1.165) is 43.6 Å². The topological polar surface area (TPSA) is 73.5 Å². The second-order valence-electron chi connectivity index (χ2n) is 6.81. The third-order valence-electron chi connectivity index (χ3n) is 4.91. The normalized spacial score (nSPS) is 22.4. The molecule has 1 saturated heterocycles. The number of carbonyl (C=O) groups is 2. The highest BCUT2D eigenvalue weighted by Crippen LogP contribution is 2.26. The molecule has 0 radical (unpaired) electrons. The summed E-state index contributed by atoms with van der Waals surface area (Å²) in [5, 5.41) is 9.42. The van der Waals surface area contributed by atoms with Gasteiger partial charge in [0.05, 0.1) is 6.54 Å². The van der Waals surface area contributed by atoms with E-state index < -0.39 is 0 Å². The van der Waals surface area contributed by atoms with E-state index in [2.05, 4.69) is 22.9 Å². The Kier molecular flexibility index (Phi) is 5.04. The highest BCUT2D eigenvalue weighted by atomic mass is 16.2. The van der Waals surface area contributed by atoms with E-state index in [1.165, 1.54) is 0 Å². The summed E-state index contributed by atoms with van der Waals surface area (Å²) in [4.78, 5) is 26.3. The van der Waals surface area contributed by atoms with Gasteiger partial charge in [0.2, 0.25) is 5.91 Å². The first-order chi connectivity index (χ1) is 11.5. The Morgan fingerprint density at radius 2 is 2.21 bits per heavy atom. The van der Waals surface area contributed by atoms with Crippen LogP contribution >= 0.6 is 0 Å². The number of fused-ring (bicyclic) bond motifs is 1. The van der Waals surface area contributed by atoms with Gasteiger partial charge in [-0.3, -0.25) is 9.59 Å². The minimum absolute atomic E-state index is 0.0393. The number of nitrogens with one attached hydrogen (secondary N) is 3. The number of amides is 2. The fraction of sp³-hybridized carbons (Fsp3) is 0.556. The van der Waals surface area contributed by atoms with Crippen LogP contribution in [0.15, 0.2) is 18.2 Å². The van der Waals surface area contributed by atoms with Crippen LogP contribution in [0.2, 0.25) is 0 Å². The minimum Gasteiger partial charge on any atom is -0.382 e. The van der Waals surface area contributed by atoms with E-state index in [1.54, 1.807) is 11.0 Å². The molecule has 130 valence electrons. The summed E-state index contributed by atoms with van der Waals surface area (Å²) in [7, 11) is 1.81. The van der Waals surface area contributed by atoms with Crippen molar-refractivity contribution in [2.24, 2.45) is 0 Å². The molecule has 2 aliphatic heterocycles. The molecule has 3 N–H and O–H groups in total. The van der Waals surface area contributed by atoms with Crippen LogP contribution in [-0.4, -0.2) is 55.5 Å². The number of likely N-dealkylation sites (N-methyl/N-ethyl adjacent to an activating group) is 1. The molecule has 2 amide bonds. The van der Waals surface area contributed by atoms with Crippen LogP contribution < -0.4 is 16.0 Å². The van der Waals surface area contributed by atoms with E-state index in [9.17, 15) is 9.59 Å². The number of hydrogen-bond donors (Lipinski definition) is 3. The summed E-state index contributed by atoms with van der Waals surface area (Å²) in [6, 6.07) is 6.28. The van der Waals surface area contributed by atoms with Crippen molar-refractivity contribution in [1.82, 2.24) is 15.5 Å². The van der Waals surface area contributed by atoms with Crippen LogP contribution in [-0.2, 0) is 11.2 Å². The van der Waals surface area contributed by atoms with Crippen LogP contribution in [0.25, 0.3) is 0 Å². The number of rotatable bonds is 4. The molecule has 2 heterocycles. The van der Waals surface area contributed by atoms with Gasteiger partial charge < -0.3 is 20.9 Å². The predicted octanol–water partition coefficient (Wildman–Crippen LogP) is 0.983. The molecule has 2 atom stereocenters. The molecule has 0 saturated carbocycles. The van der Waals surface area contributed by atoms with Crippen molar-refractivity contribution in [2.75, 3.05) is 32.0 Å². The zero-order valence-electron chi connectivity index (χ0n) is 14.4. The largest absolute Gasteiger partial charge is 0.382 e. The maximum Gasteiger partial charge on any atom is 0.251 e. The number of benzene rings is 1. The van der Waals surface area contributed by atoms with Gasteiger partial charge in [0.1, 0.15) is 0 Å². The monoisotopic (exact) mass is 330 g/mol. The van der Waals surface area contributed by atoms with Gasteiger partial charge in [-0.1, -0.05) is 0 Å². The molecule has 24 heavy (non-hydrogen) atoms. The Balaban J connectivity index is 1.53. The van der Waals surface area contributed by atoms with Crippen molar-refractivity contribution in [3.63, 3.8) is 0 Å². The first-order valence-corrected chi connectivity index (χ1v) is 8.68. The summed E-state index contributed by atoms with van der Waals surface area (Å²) >= 11 is 0. The number of nitrogens with zero attached hydrogens (tertiary/aromatic N) is 1. The molecule has 6 heteroatoms. The Bertz CT molecular complexity index is 625. The number of hydrogen-bond acceptors (Lipinski definition) is 4. The standard InChI is InChI=1S/C18H26N4O2/c1-12-8-14-9-13(5-6-16(14)21-12)18(24)20-11-17(23)22(2)15-4-3-7-19-10-15/h5-6,9,12,15,19,21H,3-4,7-8,10-11H2,1-2H3,(H,20,24)/t12-,15?/m1/s1. The molecule has 3 rings (SSSR count). The van der Waals surface area contributed by atoms with Gasteiger partial charge >= 0.3 is 0 Å². The van der Waals surface area contributed by atoms with Gasteiger partial charge in [-0.25, -0.2) is 0 Å².